The maximum Gasteiger partial charge on any atom is 0.411 e. The highest BCUT2D eigenvalue weighted by molar-refractivity contribution is 7.89. The van der Waals surface area contributed by atoms with Gasteiger partial charge in [0.15, 0.2) is 0 Å². The van der Waals surface area contributed by atoms with Crippen LogP contribution in [0.1, 0.15) is 10.4 Å². The number of anilines is 2. The van der Waals surface area contributed by atoms with Crippen LogP contribution < -0.4 is 15.4 Å². The molecule has 0 heterocycles. The number of amides is 2. The van der Waals surface area contributed by atoms with Crippen molar-refractivity contribution in [3.05, 3.63) is 54.1 Å². The molecule has 0 aromatic heterocycles. The topological polar surface area (TPSA) is 132 Å². The fourth-order valence-corrected chi connectivity index (χ4v) is 3.47. The number of methoxy groups -OCH3 is 2. The predicted octanol–water partition coefficient (Wildman–Crippen LogP) is 2.06. The highest BCUT2D eigenvalue weighted by Gasteiger charge is 2.16. The van der Waals surface area contributed by atoms with Crippen molar-refractivity contribution >= 4 is 33.4 Å². The quantitative estimate of drug-likeness (QED) is 0.446. The van der Waals surface area contributed by atoms with E-state index >= 15 is 0 Å². The van der Waals surface area contributed by atoms with Gasteiger partial charge in [-0.25, -0.2) is 17.9 Å². The smallest absolute Gasteiger partial charge is 0.411 e. The molecule has 168 valence electrons. The molecule has 0 radical (unpaired) electrons. The van der Waals surface area contributed by atoms with Gasteiger partial charge in [-0.2, -0.15) is 0 Å². The van der Waals surface area contributed by atoms with Crippen LogP contribution in [-0.2, 0) is 24.2 Å². The van der Waals surface area contributed by atoms with E-state index in [0.29, 0.717) is 11.4 Å². The van der Waals surface area contributed by atoms with Gasteiger partial charge < -0.3 is 19.5 Å². The second kappa shape index (κ2) is 12.0. The molecule has 0 spiro atoms. The molecule has 0 unspecified atom stereocenters. The van der Waals surface area contributed by atoms with Gasteiger partial charge in [0.25, 0.3) is 5.91 Å². The van der Waals surface area contributed by atoms with E-state index in [1.807, 2.05) is 0 Å². The Labute approximate surface area is 180 Å². The molecule has 2 aromatic rings. The lowest BCUT2D eigenvalue weighted by Gasteiger charge is -2.10. The molecule has 0 aliphatic rings. The standard InChI is InChI=1S/C20H25N3O7S/c1-28-10-9-21-31(26,27)18-8-3-5-15(13-18)19(24)22-16-6-4-7-17(14-16)23-20(25)30-12-11-29-2/h3-8,13-14,21H,9-12H2,1-2H3,(H,22,24)(H,23,25). The Morgan fingerprint density at radius 1 is 0.871 bits per heavy atom. The molecule has 0 aliphatic heterocycles. The Balaban J connectivity index is 2.04. The van der Waals surface area contributed by atoms with Gasteiger partial charge >= 0.3 is 6.09 Å². The molecule has 0 fully saturated rings. The molecule has 2 aromatic carbocycles. The molecule has 0 atom stereocenters. The highest BCUT2D eigenvalue weighted by atomic mass is 32.2. The molecule has 0 aliphatic carbocycles. The first-order chi connectivity index (χ1) is 14.9. The first-order valence-electron chi connectivity index (χ1n) is 9.28. The van der Waals surface area contributed by atoms with Crippen molar-refractivity contribution in [1.29, 1.82) is 0 Å². The summed E-state index contributed by atoms with van der Waals surface area (Å²) in [5.74, 6) is -0.506. The van der Waals surface area contributed by atoms with E-state index in [1.54, 1.807) is 24.3 Å². The van der Waals surface area contributed by atoms with E-state index in [2.05, 4.69) is 15.4 Å². The summed E-state index contributed by atoms with van der Waals surface area (Å²) in [6.45, 7) is 0.727. The van der Waals surface area contributed by atoms with Crippen LogP contribution in [0.3, 0.4) is 0 Å². The van der Waals surface area contributed by atoms with Crippen LogP contribution in [0, 0.1) is 0 Å². The first-order valence-corrected chi connectivity index (χ1v) is 10.8. The van der Waals surface area contributed by atoms with Gasteiger partial charge in [-0.1, -0.05) is 12.1 Å². The normalized spacial score (nSPS) is 11.0. The van der Waals surface area contributed by atoms with E-state index in [0.717, 1.165) is 0 Å². The van der Waals surface area contributed by atoms with Gasteiger partial charge in [0.1, 0.15) is 6.61 Å². The Hall–Kier alpha value is -2.99. The Kier molecular flexibility index (Phi) is 9.40. The van der Waals surface area contributed by atoms with E-state index in [9.17, 15) is 18.0 Å². The lowest BCUT2D eigenvalue weighted by Crippen LogP contribution is -2.27. The highest BCUT2D eigenvalue weighted by Crippen LogP contribution is 2.18. The van der Waals surface area contributed by atoms with Crippen LogP contribution in [-0.4, -0.2) is 61.0 Å². The third kappa shape index (κ3) is 7.98. The summed E-state index contributed by atoms with van der Waals surface area (Å²) in [5, 5.41) is 5.21. The van der Waals surface area contributed by atoms with Gasteiger partial charge in [-0.05, 0) is 36.4 Å². The van der Waals surface area contributed by atoms with Crippen LogP contribution in [0.2, 0.25) is 0 Å². The van der Waals surface area contributed by atoms with Crippen molar-refractivity contribution in [1.82, 2.24) is 4.72 Å². The van der Waals surface area contributed by atoms with Crippen molar-refractivity contribution in [3.8, 4) is 0 Å². The maximum atomic E-state index is 12.6. The minimum atomic E-state index is -3.77. The molecule has 0 saturated carbocycles. The number of rotatable bonds is 11. The fraction of sp³-hybridized carbons (Fsp3) is 0.300. The number of sulfonamides is 1. The van der Waals surface area contributed by atoms with Gasteiger partial charge in [-0.3, -0.25) is 10.1 Å². The molecule has 3 N–H and O–H groups in total. The molecule has 2 rings (SSSR count). The van der Waals surface area contributed by atoms with Crippen molar-refractivity contribution < 1.29 is 32.2 Å². The van der Waals surface area contributed by atoms with Crippen LogP contribution in [0.15, 0.2) is 53.4 Å². The number of carbonyl (C=O) groups is 2. The third-order valence-corrected chi connectivity index (χ3v) is 5.35. The lowest BCUT2D eigenvalue weighted by atomic mass is 10.2. The predicted molar refractivity (Wildman–Crippen MR) is 115 cm³/mol. The van der Waals surface area contributed by atoms with Crippen molar-refractivity contribution in [2.75, 3.05) is 51.2 Å². The number of hydrogen-bond donors (Lipinski definition) is 3. The molecule has 0 bridgehead atoms. The second-order valence-electron chi connectivity index (χ2n) is 6.21. The van der Waals surface area contributed by atoms with Gasteiger partial charge in [-0.15, -0.1) is 0 Å². The number of carbonyl (C=O) groups excluding carboxylic acids is 2. The molecular formula is C20H25N3O7S. The van der Waals surface area contributed by atoms with Crippen LogP contribution in [0.5, 0.6) is 0 Å². The Morgan fingerprint density at radius 2 is 1.55 bits per heavy atom. The maximum absolute atomic E-state index is 12.6. The molecule has 2 amide bonds. The average Bonchev–Trinajstić information content (AvgIpc) is 2.74. The lowest BCUT2D eigenvalue weighted by molar-refractivity contribution is 0.102. The Bertz CT molecular complexity index is 996. The van der Waals surface area contributed by atoms with Crippen LogP contribution in [0.25, 0.3) is 0 Å². The summed E-state index contributed by atoms with van der Waals surface area (Å²) in [5.41, 5.74) is 0.983. The molecule has 10 nitrogen and oxygen atoms in total. The molecule has 0 saturated heterocycles. The largest absolute Gasteiger partial charge is 0.447 e. The van der Waals surface area contributed by atoms with E-state index in [1.165, 1.54) is 38.5 Å². The number of hydrogen-bond acceptors (Lipinski definition) is 7. The van der Waals surface area contributed by atoms with Crippen molar-refractivity contribution in [3.63, 3.8) is 0 Å². The first kappa shape index (κ1) is 24.3. The number of benzene rings is 2. The van der Waals surface area contributed by atoms with E-state index < -0.39 is 22.0 Å². The van der Waals surface area contributed by atoms with Gasteiger partial charge in [0.05, 0.1) is 18.1 Å². The molecular weight excluding hydrogens is 426 g/mol. The second-order valence-corrected chi connectivity index (χ2v) is 7.97. The monoisotopic (exact) mass is 451 g/mol. The summed E-state index contributed by atoms with van der Waals surface area (Å²) in [4.78, 5) is 24.3. The minimum Gasteiger partial charge on any atom is -0.447 e. The summed E-state index contributed by atoms with van der Waals surface area (Å²) in [6, 6.07) is 12.1. The summed E-state index contributed by atoms with van der Waals surface area (Å²) < 4.78 is 41.6. The van der Waals surface area contributed by atoms with Crippen molar-refractivity contribution in [2.24, 2.45) is 0 Å². The minimum absolute atomic E-state index is 0.0366. The summed E-state index contributed by atoms with van der Waals surface area (Å²) >= 11 is 0. The van der Waals surface area contributed by atoms with Crippen molar-refractivity contribution in [2.45, 2.75) is 4.90 Å². The third-order valence-electron chi connectivity index (χ3n) is 3.89. The molecule has 11 heteroatoms. The van der Waals surface area contributed by atoms with E-state index in [4.69, 9.17) is 14.2 Å². The molecule has 31 heavy (non-hydrogen) atoms. The number of ether oxygens (including phenoxy) is 3. The zero-order valence-electron chi connectivity index (χ0n) is 17.2. The van der Waals surface area contributed by atoms with E-state index in [-0.39, 0.29) is 36.8 Å². The van der Waals surface area contributed by atoms with Gasteiger partial charge in [0.2, 0.25) is 10.0 Å². The SMILES string of the molecule is COCCNS(=O)(=O)c1cccc(C(=O)Nc2cccc(NC(=O)OCCOC)c2)c1. The number of nitrogens with one attached hydrogen (secondary N) is 3. The zero-order chi connectivity index (χ0) is 22.7. The summed E-state index contributed by atoms with van der Waals surface area (Å²) in [6.07, 6.45) is -0.653. The summed E-state index contributed by atoms with van der Waals surface area (Å²) in [7, 11) is -0.809. The van der Waals surface area contributed by atoms with Gasteiger partial charge in [0, 0.05) is 37.7 Å². The zero-order valence-corrected chi connectivity index (χ0v) is 18.0. The Morgan fingerprint density at radius 3 is 2.26 bits per heavy atom. The fourth-order valence-electron chi connectivity index (χ4n) is 2.42. The average molecular weight is 452 g/mol. The van der Waals surface area contributed by atoms with Crippen LogP contribution in [0.4, 0.5) is 16.2 Å². The van der Waals surface area contributed by atoms with Crippen LogP contribution >= 0.6 is 0 Å².